The summed E-state index contributed by atoms with van der Waals surface area (Å²) in [6.07, 6.45) is 2.36. The van der Waals surface area contributed by atoms with Crippen molar-refractivity contribution in [2.24, 2.45) is 5.92 Å². The molecule has 2 unspecified atom stereocenters. The maximum absolute atomic E-state index is 5.00. The average molecular weight is 220 g/mol. The second-order valence-electron chi connectivity index (χ2n) is 4.31. The van der Waals surface area contributed by atoms with E-state index in [1.165, 1.54) is 24.0 Å². The van der Waals surface area contributed by atoms with Gasteiger partial charge in [-0.1, -0.05) is 50.3 Å². The molecule has 0 N–H and O–H groups in total. The van der Waals surface area contributed by atoms with Gasteiger partial charge < -0.3 is 0 Å². The molecule has 0 nitrogen and oxygen atoms in total. The highest BCUT2D eigenvalue weighted by Gasteiger charge is 2.13. The molecule has 1 rings (SSSR count). The number of thiocarbonyl (C=S) groups is 1. The topological polar surface area (TPSA) is 0 Å². The third-order valence-corrected chi connectivity index (χ3v) is 3.47. The van der Waals surface area contributed by atoms with Crippen LogP contribution in [0.15, 0.2) is 24.3 Å². The Morgan fingerprint density at radius 1 is 1.33 bits per heavy atom. The molecule has 0 aliphatic carbocycles. The molecule has 1 heteroatoms. The Morgan fingerprint density at radius 2 is 2.00 bits per heavy atom. The lowest BCUT2D eigenvalue weighted by atomic mass is 9.86. The summed E-state index contributed by atoms with van der Waals surface area (Å²) in [4.78, 5) is 0. The van der Waals surface area contributed by atoms with E-state index in [4.69, 9.17) is 12.2 Å². The fraction of sp³-hybridized carbons (Fsp3) is 0.500. The normalized spacial score (nSPS) is 14.6. The summed E-state index contributed by atoms with van der Waals surface area (Å²) < 4.78 is 0. The van der Waals surface area contributed by atoms with E-state index < -0.39 is 0 Å². The Balaban J connectivity index is 2.83. The second-order valence-corrected chi connectivity index (χ2v) is 4.58. The van der Waals surface area contributed by atoms with Gasteiger partial charge in [0.05, 0.1) is 0 Å². The molecular formula is C14H20S. The number of rotatable bonds is 5. The zero-order valence-corrected chi connectivity index (χ0v) is 10.7. The number of hydrogen-bond acceptors (Lipinski definition) is 1. The summed E-state index contributed by atoms with van der Waals surface area (Å²) in [7, 11) is 0. The standard InChI is InChI=1S/C14H20S/c1-4-13(9-11(2)10-15)14-8-6-5-7-12(14)3/h5-8,10-11,13H,4,9H2,1-3H3. The van der Waals surface area contributed by atoms with E-state index in [-0.39, 0.29) is 0 Å². The van der Waals surface area contributed by atoms with Gasteiger partial charge in [-0.15, -0.1) is 0 Å². The van der Waals surface area contributed by atoms with E-state index >= 15 is 0 Å². The minimum absolute atomic E-state index is 0.532. The summed E-state index contributed by atoms with van der Waals surface area (Å²) in [6.45, 7) is 6.65. The molecule has 0 amide bonds. The van der Waals surface area contributed by atoms with Crippen molar-refractivity contribution in [2.45, 2.75) is 39.5 Å². The van der Waals surface area contributed by atoms with Crippen molar-refractivity contribution in [3.63, 3.8) is 0 Å². The fourth-order valence-corrected chi connectivity index (χ4v) is 2.17. The number of hydrogen-bond donors (Lipinski definition) is 0. The van der Waals surface area contributed by atoms with Crippen molar-refractivity contribution < 1.29 is 0 Å². The van der Waals surface area contributed by atoms with E-state index in [2.05, 4.69) is 45.0 Å². The van der Waals surface area contributed by atoms with Crippen LogP contribution in [0.2, 0.25) is 0 Å². The fourth-order valence-electron chi connectivity index (χ4n) is 2.06. The van der Waals surface area contributed by atoms with Crippen LogP contribution >= 0.6 is 12.2 Å². The molecule has 2 atom stereocenters. The predicted molar refractivity (Wildman–Crippen MR) is 71.6 cm³/mol. The molecule has 82 valence electrons. The lowest BCUT2D eigenvalue weighted by molar-refractivity contribution is 0.549. The van der Waals surface area contributed by atoms with Gasteiger partial charge in [0.2, 0.25) is 0 Å². The van der Waals surface area contributed by atoms with Gasteiger partial charge in [-0.25, -0.2) is 0 Å². The first-order chi connectivity index (χ1) is 7.19. The molecule has 0 heterocycles. The highest BCUT2D eigenvalue weighted by Crippen LogP contribution is 2.28. The smallest absolute Gasteiger partial charge is 0.0151 e. The zero-order chi connectivity index (χ0) is 11.3. The highest BCUT2D eigenvalue weighted by molar-refractivity contribution is 7.79. The summed E-state index contributed by atoms with van der Waals surface area (Å²) in [5.74, 6) is 1.19. The van der Waals surface area contributed by atoms with Crippen molar-refractivity contribution in [2.75, 3.05) is 0 Å². The maximum Gasteiger partial charge on any atom is -0.0151 e. The molecule has 0 aliphatic heterocycles. The van der Waals surface area contributed by atoms with E-state index in [0.717, 1.165) is 0 Å². The lowest BCUT2D eigenvalue weighted by Crippen LogP contribution is -2.06. The van der Waals surface area contributed by atoms with E-state index in [9.17, 15) is 0 Å². The van der Waals surface area contributed by atoms with Crippen LogP contribution in [0.5, 0.6) is 0 Å². The van der Waals surface area contributed by atoms with Gasteiger partial charge in [0.25, 0.3) is 0 Å². The first-order valence-electron chi connectivity index (χ1n) is 5.69. The molecule has 0 aromatic heterocycles. The molecule has 0 saturated heterocycles. The Labute approximate surface area is 98.7 Å². The Morgan fingerprint density at radius 3 is 2.53 bits per heavy atom. The van der Waals surface area contributed by atoms with Crippen LogP contribution in [0, 0.1) is 12.8 Å². The molecule has 0 saturated carbocycles. The molecule has 1 aromatic carbocycles. The number of aryl methyl sites for hydroxylation is 1. The van der Waals surface area contributed by atoms with Crippen molar-refractivity contribution in [1.82, 2.24) is 0 Å². The van der Waals surface area contributed by atoms with Gasteiger partial charge in [-0.05, 0) is 48.1 Å². The average Bonchev–Trinajstić information content (AvgIpc) is 2.26. The minimum Gasteiger partial charge on any atom is -0.0932 e. The molecular weight excluding hydrogens is 200 g/mol. The van der Waals surface area contributed by atoms with E-state index in [1.807, 2.05) is 5.37 Å². The zero-order valence-electron chi connectivity index (χ0n) is 9.86. The Kier molecular flexibility index (Phi) is 4.97. The van der Waals surface area contributed by atoms with Gasteiger partial charge in [-0.2, -0.15) is 0 Å². The Hall–Kier alpha value is -0.690. The maximum atomic E-state index is 5.00. The van der Waals surface area contributed by atoms with Crippen LogP contribution in [0.4, 0.5) is 0 Å². The third-order valence-electron chi connectivity index (χ3n) is 3.01. The van der Waals surface area contributed by atoms with Gasteiger partial charge in [0.15, 0.2) is 0 Å². The quantitative estimate of drug-likeness (QED) is 0.658. The molecule has 15 heavy (non-hydrogen) atoms. The van der Waals surface area contributed by atoms with Crippen LogP contribution in [-0.4, -0.2) is 5.37 Å². The number of benzene rings is 1. The molecule has 0 bridgehead atoms. The van der Waals surface area contributed by atoms with Gasteiger partial charge in [-0.3, -0.25) is 0 Å². The summed E-state index contributed by atoms with van der Waals surface area (Å²) in [5.41, 5.74) is 2.89. The predicted octanol–water partition coefficient (Wildman–Crippen LogP) is 4.51. The van der Waals surface area contributed by atoms with E-state index in [1.54, 1.807) is 0 Å². The lowest BCUT2D eigenvalue weighted by Gasteiger charge is -2.19. The highest BCUT2D eigenvalue weighted by atomic mass is 32.1. The monoisotopic (exact) mass is 220 g/mol. The van der Waals surface area contributed by atoms with Crippen molar-refractivity contribution >= 4 is 17.6 Å². The van der Waals surface area contributed by atoms with Gasteiger partial charge >= 0.3 is 0 Å². The van der Waals surface area contributed by atoms with Crippen LogP contribution in [0.25, 0.3) is 0 Å². The van der Waals surface area contributed by atoms with Crippen molar-refractivity contribution in [3.8, 4) is 0 Å². The third kappa shape index (κ3) is 3.42. The summed E-state index contributed by atoms with van der Waals surface area (Å²) in [5, 5.41) is 1.89. The van der Waals surface area contributed by atoms with Gasteiger partial charge in [0.1, 0.15) is 0 Å². The first-order valence-corrected chi connectivity index (χ1v) is 6.17. The molecule has 0 spiro atoms. The van der Waals surface area contributed by atoms with Crippen LogP contribution in [0.3, 0.4) is 0 Å². The Bertz CT molecular complexity index is 317. The van der Waals surface area contributed by atoms with E-state index in [0.29, 0.717) is 11.8 Å². The van der Waals surface area contributed by atoms with Crippen LogP contribution in [0.1, 0.15) is 43.7 Å². The molecule has 0 aliphatic rings. The molecule has 0 radical (unpaired) electrons. The summed E-state index contributed by atoms with van der Waals surface area (Å²) >= 11 is 5.00. The second kappa shape index (κ2) is 6.02. The molecule has 0 fully saturated rings. The minimum atomic E-state index is 0.532. The van der Waals surface area contributed by atoms with Crippen LogP contribution in [-0.2, 0) is 0 Å². The van der Waals surface area contributed by atoms with Crippen molar-refractivity contribution in [1.29, 1.82) is 0 Å². The first kappa shape index (κ1) is 12.4. The van der Waals surface area contributed by atoms with Gasteiger partial charge in [0, 0.05) is 0 Å². The van der Waals surface area contributed by atoms with Crippen LogP contribution < -0.4 is 0 Å². The van der Waals surface area contributed by atoms with Crippen molar-refractivity contribution in [3.05, 3.63) is 35.4 Å². The summed E-state index contributed by atoms with van der Waals surface area (Å²) in [6, 6.07) is 8.68. The SMILES string of the molecule is CCC(CC(C)C=S)c1ccccc1C. The largest absolute Gasteiger partial charge is 0.0932 e. The molecule has 1 aromatic rings.